The van der Waals surface area contributed by atoms with Crippen molar-refractivity contribution in [1.82, 2.24) is 19.9 Å². The normalized spacial score (nSPS) is 17.3. The number of hydrogen-bond donors (Lipinski definition) is 3. The van der Waals surface area contributed by atoms with Gasteiger partial charge in [-0.25, -0.2) is 23.7 Å². The van der Waals surface area contributed by atoms with Gasteiger partial charge in [0.15, 0.2) is 0 Å². The molecule has 0 unspecified atom stereocenters. The number of pyridine rings is 1. The van der Waals surface area contributed by atoms with Gasteiger partial charge in [0, 0.05) is 42.2 Å². The number of benzene rings is 1. The quantitative estimate of drug-likeness (QED) is 0.140. The number of ether oxygens (including phenoxy) is 2. The summed E-state index contributed by atoms with van der Waals surface area (Å²) in [5.74, 6) is 0.192. The molecule has 1 amide bonds. The van der Waals surface area contributed by atoms with Gasteiger partial charge in [0.1, 0.15) is 17.3 Å². The van der Waals surface area contributed by atoms with E-state index in [9.17, 15) is 9.18 Å². The maximum absolute atomic E-state index is 14.0. The van der Waals surface area contributed by atoms with E-state index in [0.29, 0.717) is 11.4 Å². The smallest absolute Gasteiger partial charge is 0.407 e. The second-order valence-electron chi connectivity index (χ2n) is 12.2. The Hall–Kier alpha value is -4.38. The third-order valence-electron chi connectivity index (χ3n) is 7.72. The molecule has 4 aromatic rings. The van der Waals surface area contributed by atoms with E-state index in [0.717, 1.165) is 60.0 Å². The number of rotatable bonds is 8. The zero-order chi connectivity index (χ0) is 32.3. The Kier molecular flexibility index (Phi) is 9.48. The fraction of sp³-hybridized carbons (Fsp3) is 0.394. The van der Waals surface area contributed by atoms with Crippen LogP contribution in [0.1, 0.15) is 64.5 Å². The SMILES string of the molecule is CCc1cnc(OC)cc1-c1cc2c(N[C@H]3CC[C@H](NC(=O)OC(C)(C)C)CC3)c(C(N)=Nc3cc(F)ccc3Cl)cnn2c1. The number of nitrogens with one attached hydrogen (secondary N) is 2. The first-order chi connectivity index (χ1) is 21.4. The maximum Gasteiger partial charge on any atom is 0.407 e. The summed E-state index contributed by atoms with van der Waals surface area (Å²) in [6.45, 7) is 7.62. The topological polar surface area (TPSA) is 128 Å². The molecule has 0 radical (unpaired) electrons. The lowest BCUT2D eigenvalue weighted by Gasteiger charge is -2.31. The Morgan fingerprint density at radius 2 is 1.89 bits per heavy atom. The van der Waals surface area contributed by atoms with Gasteiger partial charge in [-0.2, -0.15) is 5.10 Å². The fourth-order valence-electron chi connectivity index (χ4n) is 5.50. The number of methoxy groups -OCH3 is 1. The number of alkyl carbamates (subject to hydrolysis) is 1. The number of amides is 1. The summed E-state index contributed by atoms with van der Waals surface area (Å²) >= 11 is 6.31. The van der Waals surface area contributed by atoms with Crippen LogP contribution in [0, 0.1) is 5.82 Å². The molecule has 1 aliphatic carbocycles. The highest BCUT2D eigenvalue weighted by atomic mass is 35.5. The van der Waals surface area contributed by atoms with Crippen LogP contribution in [0.5, 0.6) is 5.88 Å². The molecule has 0 saturated heterocycles. The van der Waals surface area contributed by atoms with Crippen LogP contribution in [0.3, 0.4) is 0 Å². The van der Waals surface area contributed by atoms with E-state index < -0.39 is 17.5 Å². The van der Waals surface area contributed by atoms with Crippen molar-refractivity contribution in [3.63, 3.8) is 0 Å². The van der Waals surface area contributed by atoms with Crippen molar-refractivity contribution in [1.29, 1.82) is 0 Å². The molecule has 1 saturated carbocycles. The van der Waals surface area contributed by atoms with Gasteiger partial charge in [-0.1, -0.05) is 18.5 Å². The van der Waals surface area contributed by atoms with E-state index >= 15 is 0 Å². The summed E-state index contributed by atoms with van der Waals surface area (Å²) in [7, 11) is 1.59. The number of fused-ring (bicyclic) bond motifs is 1. The molecule has 238 valence electrons. The Bertz CT molecular complexity index is 1730. The minimum absolute atomic E-state index is 0.0191. The molecule has 0 bridgehead atoms. The van der Waals surface area contributed by atoms with E-state index in [1.165, 1.54) is 18.2 Å². The molecule has 0 aliphatic heterocycles. The van der Waals surface area contributed by atoms with Crippen LogP contribution in [0.2, 0.25) is 5.02 Å². The van der Waals surface area contributed by atoms with Crippen molar-refractivity contribution in [2.75, 3.05) is 12.4 Å². The average Bonchev–Trinajstić information content (AvgIpc) is 3.43. The Morgan fingerprint density at radius 1 is 1.16 bits per heavy atom. The number of aryl methyl sites for hydroxylation is 1. The molecule has 1 aromatic carbocycles. The van der Waals surface area contributed by atoms with Crippen LogP contribution in [0.15, 0.2) is 53.9 Å². The molecule has 10 nitrogen and oxygen atoms in total. The average molecular weight is 636 g/mol. The second-order valence-corrected chi connectivity index (χ2v) is 12.6. The van der Waals surface area contributed by atoms with Gasteiger partial charge in [-0.15, -0.1) is 0 Å². The summed E-state index contributed by atoms with van der Waals surface area (Å²) < 4.78 is 26.7. The van der Waals surface area contributed by atoms with Gasteiger partial charge >= 0.3 is 6.09 Å². The molecule has 1 fully saturated rings. The number of hydrogen-bond acceptors (Lipinski definition) is 7. The minimum Gasteiger partial charge on any atom is -0.481 e. The third kappa shape index (κ3) is 7.65. The van der Waals surface area contributed by atoms with Crippen molar-refractivity contribution in [2.45, 2.75) is 77.5 Å². The number of nitrogens with zero attached hydrogens (tertiary/aromatic N) is 4. The van der Waals surface area contributed by atoms with Crippen molar-refractivity contribution >= 4 is 40.4 Å². The number of carbonyl (C=O) groups is 1. The van der Waals surface area contributed by atoms with Gasteiger partial charge in [0.2, 0.25) is 5.88 Å². The zero-order valence-corrected chi connectivity index (χ0v) is 26.9. The first-order valence-corrected chi connectivity index (χ1v) is 15.4. The number of aromatic nitrogens is 3. The van der Waals surface area contributed by atoms with E-state index in [2.05, 4.69) is 32.6 Å². The Morgan fingerprint density at radius 3 is 2.58 bits per heavy atom. The van der Waals surface area contributed by atoms with E-state index in [1.54, 1.807) is 17.8 Å². The molecule has 5 rings (SSSR count). The van der Waals surface area contributed by atoms with Crippen molar-refractivity contribution in [3.05, 3.63) is 70.9 Å². The lowest BCUT2D eigenvalue weighted by molar-refractivity contribution is 0.0492. The lowest BCUT2D eigenvalue weighted by Crippen LogP contribution is -2.42. The monoisotopic (exact) mass is 635 g/mol. The Labute approximate surface area is 267 Å². The predicted molar refractivity (Wildman–Crippen MR) is 175 cm³/mol. The van der Waals surface area contributed by atoms with E-state index in [-0.39, 0.29) is 28.6 Å². The van der Waals surface area contributed by atoms with Gasteiger partial charge in [-0.05, 0) is 82.2 Å². The van der Waals surface area contributed by atoms with Gasteiger partial charge in [0.25, 0.3) is 0 Å². The molecule has 12 heteroatoms. The minimum atomic E-state index is -0.557. The summed E-state index contributed by atoms with van der Waals surface area (Å²) in [6, 6.07) is 8.03. The van der Waals surface area contributed by atoms with Crippen molar-refractivity contribution < 1.29 is 18.7 Å². The van der Waals surface area contributed by atoms with E-state index in [1.807, 2.05) is 45.3 Å². The van der Waals surface area contributed by atoms with Crippen molar-refractivity contribution in [2.24, 2.45) is 10.7 Å². The van der Waals surface area contributed by atoms with Crippen LogP contribution in [0.25, 0.3) is 16.6 Å². The van der Waals surface area contributed by atoms with Crippen LogP contribution >= 0.6 is 11.6 Å². The van der Waals surface area contributed by atoms with Crippen LogP contribution in [-0.4, -0.2) is 51.3 Å². The zero-order valence-electron chi connectivity index (χ0n) is 26.2. The van der Waals surface area contributed by atoms with Crippen LogP contribution in [-0.2, 0) is 11.2 Å². The molecule has 3 aromatic heterocycles. The largest absolute Gasteiger partial charge is 0.481 e. The molecule has 0 atom stereocenters. The number of carbonyl (C=O) groups excluding carboxylic acids is 1. The third-order valence-corrected chi connectivity index (χ3v) is 8.04. The number of halogens is 2. The van der Waals surface area contributed by atoms with Crippen LogP contribution in [0.4, 0.5) is 20.6 Å². The van der Waals surface area contributed by atoms with Gasteiger partial charge in [-0.3, -0.25) is 0 Å². The summed E-state index contributed by atoms with van der Waals surface area (Å²) in [5, 5.41) is 11.6. The first kappa shape index (κ1) is 32.0. The highest BCUT2D eigenvalue weighted by Gasteiger charge is 2.26. The van der Waals surface area contributed by atoms with Gasteiger partial charge < -0.3 is 25.8 Å². The standard InChI is InChI=1S/C33H39ClFN7O3/c1-6-19-16-37-29(44-5)15-24(19)20-13-28-30(39-22-8-10-23(11-9-22)40-32(43)45-33(2,3)4)25(17-38-42(28)18-20)31(36)41-27-14-21(35)7-12-26(27)34/h7,12-18,22-23,39H,6,8-11H2,1-5H3,(H2,36,41)(H,40,43)/t22-,23-. The molecule has 3 heterocycles. The van der Waals surface area contributed by atoms with E-state index in [4.69, 9.17) is 26.8 Å². The lowest BCUT2D eigenvalue weighted by atomic mass is 9.91. The molecule has 1 aliphatic rings. The molecular formula is C33H39ClFN7O3. The number of aliphatic imine (C=N–C) groups is 1. The predicted octanol–water partition coefficient (Wildman–Crippen LogP) is 7.04. The highest BCUT2D eigenvalue weighted by molar-refractivity contribution is 6.33. The number of amidine groups is 1. The second kappa shape index (κ2) is 13.3. The molecule has 4 N–H and O–H groups in total. The Balaban J connectivity index is 1.50. The summed E-state index contributed by atoms with van der Waals surface area (Å²) in [4.78, 5) is 21.2. The number of nitrogens with two attached hydrogens (primary N) is 1. The maximum atomic E-state index is 14.0. The first-order valence-electron chi connectivity index (χ1n) is 15.0. The summed E-state index contributed by atoms with van der Waals surface area (Å²) in [5.41, 5.74) is 11.3. The van der Waals surface area contributed by atoms with Crippen molar-refractivity contribution in [3.8, 4) is 17.0 Å². The van der Waals surface area contributed by atoms with Gasteiger partial charge in [0.05, 0.1) is 40.8 Å². The summed E-state index contributed by atoms with van der Waals surface area (Å²) in [6.07, 6.45) is 8.97. The highest BCUT2D eigenvalue weighted by Crippen LogP contribution is 2.34. The fourth-order valence-corrected chi connectivity index (χ4v) is 5.66. The molecular weight excluding hydrogens is 597 g/mol. The molecule has 45 heavy (non-hydrogen) atoms. The molecule has 0 spiro atoms. The van der Waals surface area contributed by atoms with Crippen LogP contribution < -0.4 is 21.1 Å². The number of anilines is 1.